The van der Waals surface area contributed by atoms with Gasteiger partial charge < -0.3 is 9.32 Å². The third-order valence-electron chi connectivity index (χ3n) is 7.53. The summed E-state index contributed by atoms with van der Waals surface area (Å²) in [6.07, 6.45) is 9.76. The Morgan fingerprint density at radius 3 is 2.68 bits per heavy atom. The number of benzene rings is 1. The van der Waals surface area contributed by atoms with Gasteiger partial charge in [0.05, 0.1) is 11.8 Å². The average molecular weight is 456 g/mol. The van der Waals surface area contributed by atoms with E-state index in [0.717, 1.165) is 67.3 Å². The van der Waals surface area contributed by atoms with Gasteiger partial charge in [-0.05, 0) is 62.3 Å². The van der Waals surface area contributed by atoms with Gasteiger partial charge >= 0.3 is 0 Å². The van der Waals surface area contributed by atoms with Crippen LogP contribution in [0.15, 0.2) is 52.3 Å². The van der Waals surface area contributed by atoms with Gasteiger partial charge in [0.2, 0.25) is 5.91 Å². The fourth-order valence-electron chi connectivity index (χ4n) is 5.22. The molecule has 8 nitrogen and oxygen atoms in total. The minimum Gasteiger partial charge on any atom is -0.464 e. The normalized spacial score (nSPS) is 23.2. The number of fused-ring (bicyclic) bond motifs is 1. The number of amides is 2. The minimum absolute atomic E-state index is 0.0870. The fourth-order valence-corrected chi connectivity index (χ4v) is 5.22. The first-order valence-corrected chi connectivity index (χ1v) is 12.1. The number of furan rings is 1. The smallest absolute Gasteiger partial charge is 0.256 e. The number of carbonyl (C=O) groups is 2. The molecule has 2 aliphatic carbocycles. The molecular formula is C26H25N5O3. The zero-order chi connectivity index (χ0) is 22.9. The van der Waals surface area contributed by atoms with Gasteiger partial charge in [0.25, 0.3) is 5.91 Å². The van der Waals surface area contributed by atoms with E-state index >= 15 is 0 Å². The van der Waals surface area contributed by atoms with Crippen LogP contribution in [0.25, 0.3) is 22.4 Å². The summed E-state index contributed by atoms with van der Waals surface area (Å²) in [6, 6.07) is 7.78. The summed E-state index contributed by atoms with van der Waals surface area (Å²) < 4.78 is 5.42. The van der Waals surface area contributed by atoms with Crippen molar-refractivity contribution in [2.24, 2.45) is 16.8 Å². The van der Waals surface area contributed by atoms with Crippen LogP contribution in [-0.2, 0) is 9.59 Å². The fraction of sp³-hybridized carbons (Fsp3) is 0.423. The molecular weight excluding hydrogens is 430 g/mol. The topological polar surface area (TPSA) is 91.9 Å². The van der Waals surface area contributed by atoms with Crippen LogP contribution in [0.1, 0.15) is 37.7 Å². The summed E-state index contributed by atoms with van der Waals surface area (Å²) in [7, 11) is 0. The van der Waals surface area contributed by atoms with Crippen molar-refractivity contribution in [3.05, 3.63) is 48.5 Å². The molecule has 1 spiro atoms. The molecule has 3 fully saturated rings. The van der Waals surface area contributed by atoms with Gasteiger partial charge in [-0.25, -0.2) is 9.97 Å². The van der Waals surface area contributed by atoms with Gasteiger partial charge in [0.15, 0.2) is 5.82 Å². The summed E-state index contributed by atoms with van der Waals surface area (Å²) >= 11 is 0. The monoisotopic (exact) mass is 455 g/mol. The molecule has 172 valence electrons. The van der Waals surface area contributed by atoms with Gasteiger partial charge in [-0.2, -0.15) is 0 Å². The van der Waals surface area contributed by atoms with Crippen LogP contribution in [0, 0.1) is 11.8 Å². The number of hydrogen-bond acceptors (Lipinski definition) is 6. The van der Waals surface area contributed by atoms with Crippen molar-refractivity contribution in [1.29, 1.82) is 0 Å². The quantitative estimate of drug-likeness (QED) is 0.589. The van der Waals surface area contributed by atoms with Gasteiger partial charge in [-0.15, -0.1) is 0 Å². The molecule has 1 saturated heterocycles. The molecule has 7 rings (SSSR count). The summed E-state index contributed by atoms with van der Waals surface area (Å²) in [5.74, 6) is 2.18. The van der Waals surface area contributed by atoms with E-state index in [1.54, 1.807) is 18.7 Å². The zero-order valence-corrected chi connectivity index (χ0v) is 18.8. The molecule has 4 heterocycles. The van der Waals surface area contributed by atoms with Crippen molar-refractivity contribution < 1.29 is 14.0 Å². The number of carbonyl (C=O) groups excluding carboxylic acids is 2. The minimum atomic E-state index is -0.581. The van der Waals surface area contributed by atoms with Crippen LogP contribution >= 0.6 is 0 Å². The highest BCUT2D eigenvalue weighted by Gasteiger charge is 2.57. The van der Waals surface area contributed by atoms with Crippen LogP contribution in [0.4, 0.5) is 0 Å². The molecule has 2 saturated carbocycles. The highest BCUT2D eigenvalue weighted by atomic mass is 16.3. The summed E-state index contributed by atoms with van der Waals surface area (Å²) in [5, 5.41) is 1.00. The lowest BCUT2D eigenvalue weighted by Crippen LogP contribution is -2.41. The first kappa shape index (κ1) is 19.9. The van der Waals surface area contributed by atoms with Crippen molar-refractivity contribution in [1.82, 2.24) is 19.8 Å². The van der Waals surface area contributed by atoms with Crippen LogP contribution in [0.5, 0.6) is 0 Å². The number of hydrogen-bond donors (Lipinski definition) is 0. The molecule has 8 heteroatoms. The zero-order valence-electron chi connectivity index (χ0n) is 18.8. The Kier molecular flexibility index (Phi) is 4.22. The van der Waals surface area contributed by atoms with Crippen LogP contribution in [0.3, 0.4) is 0 Å². The Hall–Kier alpha value is -3.55. The van der Waals surface area contributed by atoms with Crippen molar-refractivity contribution in [3.8, 4) is 11.4 Å². The largest absolute Gasteiger partial charge is 0.464 e. The number of nitrogens with zero attached hydrogens (tertiary/aromatic N) is 5. The van der Waals surface area contributed by atoms with Gasteiger partial charge in [0.1, 0.15) is 17.0 Å². The third-order valence-corrected chi connectivity index (χ3v) is 7.53. The maximum Gasteiger partial charge on any atom is 0.256 e. The first-order chi connectivity index (χ1) is 16.6. The summed E-state index contributed by atoms with van der Waals surface area (Å²) in [4.78, 5) is 43.6. The Labute approximate surface area is 196 Å². The highest BCUT2D eigenvalue weighted by Crippen LogP contribution is 2.46. The Morgan fingerprint density at radius 1 is 1.09 bits per heavy atom. The van der Waals surface area contributed by atoms with Gasteiger partial charge in [-0.3, -0.25) is 19.5 Å². The molecule has 34 heavy (non-hydrogen) atoms. The Balaban J connectivity index is 1.12. The van der Waals surface area contributed by atoms with Crippen LogP contribution in [-0.4, -0.2) is 62.6 Å². The van der Waals surface area contributed by atoms with Crippen molar-refractivity contribution in [3.63, 3.8) is 0 Å². The van der Waals surface area contributed by atoms with E-state index in [0.29, 0.717) is 24.1 Å². The molecule has 4 aliphatic rings. The predicted octanol–water partition coefficient (Wildman–Crippen LogP) is 3.27. The standard InChI is InChI=1S/C26H25N5O3/c32-24(17-1-2-17)30-9-5-16(14-30)15-31-23(29-26(7-8-26)25(31)33)20-12-27-22(28-13-20)19-3-4-21-18(11-19)6-10-34-21/h3-4,6,10-13,16-17H,1-2,5,7-9,14-15H2. The van der Waals surface area contributed by atoms with E-state index < -0.39 is 5.54 Å². The molecule has 3 aromatic rings. The molecule has 0 bridgehead atoms. The summed E-state index contributed by atoms with van der Waals surface area (Å²) in [5.41, 5.74) is 1.91. The number of amidine groups is 1. The second kappa shape index (κ2) is 7.22. The lowest BCUT2D eigenvalue weighted by molar-refractivity contribution is -0.131. The Bertz CT molecular complexity index is 1340. The van der Waals surface area contributed by atoms with Crippen molar-refractivity contribution in [2.45, 2.75) is 37.6 Å². The van der Waals surface area contributed by atoms with Gasteiger partial charge in [-0.1, -0.05) is 0 Å². The van der Waals surface area contributed by atoms with E-state index in [2.05, 4.69) is 9.97 Å². The molecule has 2 amide bonds. The number of aliphatic imine (C=N–C) groups is 1. The van der Waals surface area contributed by atoms with E-state index in [1.165, 1.54) is 0 Å². The number of rotatable bonds is 5. The molecule has 0 radical (unpaired) electrons. The Morgan fingerprint density at radius 2 is 1.91 bits per heavy atom. The lowest BCUT2D eigenvalue weighted by Gasteiger charge is -2.23. The third kappa shape index (κ3) is 3.23. The molecule has 2 aliphatic heterocycles. The second-order valence-electron chi connectivity index (χ2n) is 10.1. The van der Waals surface area contributed by atoms with Crippen molar-refractivity contribution >= 4 is 28.6 Å². The highest BCUT2D eigenvalue weighted by molar-refractivity contribution is 6.16. The van der Waals surface area contributed by atoms with Crippen LogP contribution in [0.2, 0.25) is 0 Å². The predicted molar refractivity (Wildman–Crippen MR) is 125 cm³/mol. The maximum atomic E-state index is 13.3. The average Bonchev–Trinajstić information content (AvgIpc) is 3.74. The summed E-state index contributed by atoms with van der Waals surface area (Å²) in [6.45, 7) is 2.11. The first-order valence-electron chi connectivity index (χ1n) is 12.1. The van der Waals surface area contributed by atoms with E-state index in [9.17, 15) is 9.59 Å². The maximum absolute atomic E-state index is 13.3. The van der Waals surface area contributed by atoms with E-state index in [1.807, 2.05) is 34.1 Å². The molecule has 1 unspecified atom stereocenters. The molecule has 0 N–H and O–H groups in total. The van der Waals surface area contributed by atoms with Gasteiger partial charge in [0, 0.05) is 48.9 Å². The lowest BCUT2D eigenvalue weighted by atomic mass is 10.1. The van der Waals surface area contributed by atoms with Crippen molar-refractivity contribution in [2.75, 3.05) is 19.6 Å². The SMILES string of the molecule is O=C(C1CC1)N1CCC(CN2C(=O)C3(CC3)N=C2c2cnc(-c3ccc4occc4c3)nc2)C1. The second-order valence-corrected chi connectivity index (χ2v) is 10.1. The van der Waals surface area contributed by atoms with E-state index in [4.69, 9.17) is 9.41 Å². The van der Waals surface area contributed by atoms with E-state index in [-0.39, 0.29) is 17.7 Å². The number of likely N-dealkylation sites (tertiary alicyclic amines) is 1. The molecule has 2 aromatic heterocycles. The molecule has 1 aromatic carbocycles. The number of aromatic nitrogens is 2. The van der Waals surface area contributed by atoms with Crippen LogP contribution < -0.4 is 0 Å². The molecule has 1 atom stereocenters.